The van der Waals surface area contributed by atoms with E-state index in [0.29, 0.717) is 17.0 Å². The molecular formula is C20H17N5O2S. The number of carbonyl (C=O) groups is 2. The van der Waals surface area contributed by atoms with Crippen molar-refractivity contribution in [2.75, 3.05) is 0 Å². The summed E-state index contributed by atoms with van der Waals surface area (Å²) in [5, 5.41) is 0.788. The summed E-state index contributed by atoms with van der Waals surface area (Å²) in [4.78, 5) is 35.1. The fraction of sp³-hybridized carbons (Fsp3) is 0.0500. The van der Waals surface area contributed by atoms with Crippen LogP contribution in [0.5, 0.6) is 0 Å². The number of fused-ring (bicyclic) bond motifs is 1. The first-order chi connectivity index (χ1) is 13.7. The molecule has 0 aliphatic rings. The van der Waals surface area contributed by atoms with Gasteiger partial charge in [-0.3, -0.25) is 20.4 Å². The highest BCUT2D eigenvalue weighted by Gasteiger charge is 2.14. The van der Waals surface area contributed by atoms with Crippen molar-refractivity contribution in [2.45, 2.75) is 10.9 Å². The molecule has 28 heavy (non-hydrogen) atoms. The van der Waals surface area contributed by atoms with Crippen LogP contribution in [0.2, 0.25) is 0 Å². The Balaban J connectivity index is 1.42. The fourth-order valence-electron chi connectivity index (χ4n) is 2.73. The first kappa shape index (κ1) is 17.9. The van der Waals surface area contributed by atoms with Gasteiger partial charge in [0.25, 0.3) is 11.8 Å². The summed E-state index contributed by atoms with van der Waals surface area (Å²) >= 11 is 1.51. The van der Waals surface area contributed by atoms with E-state index < -0.39 is 5.91 Å². The molecule has 0 spiro atoms. The highest BCUT2D eigenvalue weighted by Crippen LogP contribution is 2.24. The lowest BCUT2D eigenvalue weighted by molar-refractivity contribution is 0.0844. The molecule has 0 fully saturated rings. The molecule has 0 saturated carbocycles. The third-order valence-corrected chi connectivity index (χ3v) is 5.05. The van der Waals surface area contributed by atoms with Crippen molar-refractivity contribution in [1.29, 1.82) is 0 Å². The number of thioether (sulfide) groups is 1. The summed E-state index contributed by atoms with van der Waals surface area (Å²) in [5.74, 6) is -0.221. The number of nitrogens with zero attached hydrogens (tertiary/aromatic N) is 1. The maximum absolute atomic E-state index is 12.5. The first-order valence-electron chi connectivity index (χ1n) is 8.60. The molecule has 0 radical (unpaired) electrons. The molecule has 0 atom stereocenters. The highest BCUT2D eigenvalue weighted by molar-refractivity contribution is 7.98. The first-order valence-corrected chi connectivity index (χ1v) is 9.59. The predicted octanol–water partition coefficient (Wildman–Crippen LogP) is 3.26. The van der Waals surface area contributed by atoms with Crippen LogP contribution in [0.15, 0.2) is 72.0 Å². The van der Waals surface area contributed by atoms with Gasteiger partial charge in [0.15, 0.2) is 5.16 Å². The second-order valence-corrected chi connectivity index (χ2v) is 6.96. The molecule has 0 aliphatic carbocycles. The molecule has 4 rings (SSSR count). The molecule has 2 heterocycles. The number of hydrogen-bond acceptors (Lipinski definition) is 4. The van der Waals surface area contributed by atoms with Crippen LogP contribution in [0.4, 0.5) is 0 Å². The maximum atomic E-state index is 12.5. The summed E-state index contributed by atoms with van der Waals surface area (Å²) < 4.78 is 0. The van der Waals surface area contributed by atoms with E-state index in [9.17, 15) is 9.59 Å². The number of imidazole rings is 1. The van der Waals surface area contributed by atoms with Gasteiger partial charge in [0.1, 0.15) is 5.69 Å². The number of H-pyrrole nitrogens is 2. The van der Waals surface area contributed by atoms with Gasteiger partial charge in [0.05, 0.1) is 11.0 Å². The second-order valence-electron chi connectivity index (χ2n) is 6.00. The summed E-state index contributed by atoms with van der Waals surface area (Å²) in [6, 6.07) is 18.4. The average Bonchev–Trinajstić information content (AvgIpc) is 3.40. The lowest BCUT2D eigenvalue weighted by Gasteiger charge is -2.10. The minimum absolute atomic E-state index is 0.369. The van der Waals surface area contributed by atoms with Crippen molar-refractivity contribution in [2.24, 2.45) is 0 Å². The molecule has 7 nitrogen and oxygen atoms in total. The number of aromatic nitrogens is 3. The van der Waals surface area contributed by atoms with E-state index in [2.05, 4.69) is 25.8 Å². The summed E-state index contributed by atoms with van der Waals surface area (Å²) in [6.45, 7) is 0. The van der Waals surface area contributed by atoms with Gasteiger partial charge < -0.3 is 9.97 Å². The summed E-state index contributed by atoms with van der Waals surface area (Å²) in [6.07, 6.45) is 1.64. The molecule has 4 N–H and O–H groups in total. The molecule has 0 bridgehead atoms. The van der Waals surface area contributed by atoms with Crippen molar-refractivity contribution in [1.82, 2.24) is 25.8 Å². The van der Waals surface area contributed by atoms with Gasteiger partial charge in [0.2, 0.25) is 0 Å². The van der Waals surface area contributed by atoms with Gasteiger partial charge in [-0.25, -0.2) is 4.98 Å². The zero-order chi connectivity index (χ0) is 19.3. The summed E-state index contributed by atoms with van der Waals surface area (Å²) in [5.41, 5.74) is 8.46. The predicted molar refractivity (Wildman–Crippen MR) is 108 cm³/mol. The molecule has 4 aromatic rings. The van der Waals surface area contributed by atoms with E-state index in [-0.39, 0.29) is 5.91 Å². The molecule has 140 valence electrons. The Morgan fingerprint density at radius 3 is 2.54 bits per heavy atom. The number of rotatable bonds is 5. The fourth-order valence-corrected chi connectivity index (χ4v) is 3.62. The Hall–Kier alpha value is -3.52. The quantitative estimate of drug-likeness (QED) is 0.310. The molecule has 8 heteroatoms. The van der Waals surface area contributed by atoms with E-state index >= 15 is 0 Å². The lowest BCUT2D eigenvalue weighted by Crippen LogP contribution is -2.42. The van der Waals surface area contributed by atoms with Crippen molar-refractivity contribution in [3.63, 3.8) is 0 Å². The van der Waals surface area contributed by atoms with E-state index in [0.717, 1.165) is 21.8 Å². The maximum Gasteiger partial charge on any atom is 0.286 e. The van der Waals surface area contributed by atoms with Crippen LogP contribution in [0, 0.1) is 0 Å². The largest absolute Gasteiger partial charge is 0.357 e. The topological polar surface area (TPSA) is 103 Å². The standard InChI is InChI=1S/C20H17N5O2S/c26-18(24-25-19(27)17-10-5-11-21-17)14-7-2-1-6-13(14)12-28-20-22-15-8-3-4-9-16(15)23-20/h1-11,21H,12H2,(H,22,23)(H,24,26)(H,25,27). The molecule has 0 saturated heterocycles. The SMILES string of the molecule is O=C(NNC(=O)c1ccccc1CSc1nc2ccccc2[nH]1)c1ccc[nH]1. The van der Waals surface area contributed by atoms with Gasteiger partial charge in [-0.05, 0) is 35.9 Å². The smallest absolute Gasteiger partial charge is 0.286 e. The number of hydrazine groups is 1. The summed E-state index contributed by atoms with van der Waals surface area (Å²) in [7, 11) is 0. The Labute approximate surface area is 164 Å². The zero-order valence-corrected chi connectivity index (χ0v) is 15.5. The Kier molecular flexibility index (Phi) is 5.11. The normalized spacial score (nSPS) is 10.7. The third kappa shape index (κ3) is 3.91. The molecule has 2 aromatic heterocycles. The van der Waals surface area contributed by atoms with E-state index in [1.807, 2.05) is 36.4 Å². The molecule has 0 unspecified atom stereocenters. The molecular weight excluding hydrogens is 374 g/mol. The van der Waals surface area contributed by atoms with Crippen LogP contribution in [0.3, 0.4) is 0 Å². The van der Waals surface area contributed by atoms with Crippen molar-refractivity contribution >= 4 is 34.6 Å². The number of hydrogen-bond donors (Lipinski definition) is 4. The van der Waals surface area contributed by atoms with Crippen LogP contribution >= 0.6 is 11.8 Å². The van der Waals surface area contributed by atoms with Crippen LogP contribution in [0.1, 0.15) is 26.4 Å². The average molecular weight is 391 g/mol. The zero-order valence-electron chi connectivity index (χ0n) is 14.7. The minimum Gasteiger partial charge on any atom is -0.357 e. The van der Waals surface area contributed by atoms with Crippen LogP contribution in [0.25, 0.3) is 11.0 Å². The molecule has 2 aromatic carbocycles. The van der Waals surface area contributed by atoms with Crippen molar-refractivity contribution < 1.29 is 9.59 Å². The van der Waals surface area contributed by atoms with Gasteiger partial charge in [-0.2, -0.15) is 0 Å². The van der Waals surface area contributed by atoms with E-state index in [1.165, 1.54) is 11.8 Å². The third-order valence-electron chi connectivity index (χ3n) is 4.13. The Morgan fingerprint density at radius 2 is 1.71 bits per heavy atom. The van der Waals surface area contributed by atoms with Gasteiger partial charge in [0, 0.05) is 17.5 Å². The monoisotopic (exact) mass is 391 g/mol. The Morgan fingerprint density at radius 1 is 0.929 bits per heavy atom. The number of benzene rings is 2. The van der Waals surface area contributed by atoms with Gasteiger partial charge >= 0.3 is 0 Å². The molecule has 2 amide bonds. The number of para-hydroxylation sites is 2. The molecule has 0 aliphatic heterocycles. The number of carbonyl (C=O) groups excluding carboxylic acids is 2. The second kappa shape index (κ2) is 8.01. The lowest BCUT2D eigenvalue weighted by atomic mass is 10.1. The Bertz CT molecular complexity index is 1090. The van der Waals surface area contributed by atoms with Gasteiger partial charge in [-0.15, -0.1) is 0 Å². The van der Waals surface area contributed by atoms with E-state index in [4.69, 9.17) is 0 Å². The van der Waals surface area contributed by atoms with Crippen LogP contribution in [-0.4, -0.2) is 26.8 Å². The number of nitrogens with one attached hydrogen (secondary N) is 4. The van der Waals surface area contributed by atoms with E-state index in [1.54, 1.807) is 30.5 Å². The minimum atomic E-state index is -0.410. The number of aromatic amines is 2. The number of amides is 2. The van der Waals surface area contributed by atoms with Gasteiger partial charge in [-0.1, -0.05) is 42.1 Å². The van der Waals surface area contributed by atoms with Crippen molar-refractivity contribution in [3.8, 4) is 0 Å². The van der Waals surface area contributed by atoms with Crippen molar-refractivity contribution in [3.05, 3.63) is 83.7 Å². The highest BCUT2D eigenvalue weighted by atomic mass is 32.2. The van der Waals surface area contributed by atoms with Crippen LogP contribution < -0.4 is 10.9 Å². The van der Waals surface area contributed by atoms with Crippen LogP contribution in [-0.2, 0) is 5.75 Å².